The summed E-state index contributed by atoms with van der Waals surface area (Å²) in [4.78, 5) is 0. The molecule has 0 aliphatic heterocycles. The minimum atomic E-state index is -3.40. The van der Waals surface area contributed by atoms with Crippen LogP contribution in [0.3, 0.4) is 0 Å². The summed E-state index contributed by atoms with van der Waals surface area (Å²) < 4.78 is 21.5. The van der Waals surface area contributed by atoms with Gasteiger partial charge in [-0.1, -0.05) is 19.3 Å². The molecule has 1 saturated carbocycles. The van der Waals surface area contributed by atoms with Gasteiger partial charge in [-0.3, -0.25) is 0 Å². The number of nitrogens with one attached hydrogen (secondary N) is 1. The van der Waals surface area contributed by atoms with Crippen LogP contribution in [0.25, 0.3) is 0 Å². The quantitative estimate of drug-likeness (QED) is 0.603. The molecule has 90 valence electrons. The Morgan fingerprint density at radius 3 is 2.33 bits per heavy atom. The molecule has 0 amide bonds. The first kappa shape index (κ1) is 12.9. The average molecular weight is 236 g/mol. The molecular formula is C9H20N2O3S. The van der Waals surface area contributed by atoms with Gasteiger partial charge in [-0.15, -0.1) is 0 Å². The number of hydrogen-bond donors (Lipinski definition) is 3. The van der Waals surface area contributed by atoms with Gasteiger partial charge in [0.15, 0.2) is 0 Å². The maximum Gasteiger partial charge on any atom is 0.210 e. The molecule has 1 aliphatic rings. The van der Waals surface area contributed by atoms with Crippen LogP contribution in [0.4, 0.5) is 0 Å². The van der Waals surface area contributed by atoms with Crippen molar-refractivity contribution in [1.82, 2.24) is 5.32 Å². The van der Waals surface area contributed by atoms with Gasteiger partial charge in [0.05, 0.1) is 12.4 Å². The van der Waals surface area contributed by atoms with Crippen molar-refractivity contribution in [3.8, 4) is 0 Å². The highest BCUT2D eigenvalue weighted by atomic mass is 32.2. The molecule has 0 bridgehead atoms. The third-order valence-corrected chi connectivity index (χ3v) is 3.77. The van der Waals surface area contributed by atoms with Crippen molar-refractivity contribution < 1.29 is 13.5 Å². The standard InChI is InChI=1S/C9H20N2O3S/c10-15(13,14)7-6-11-9(8-12)4-2-1-3-5-9/h11-12H,1-8H2,(H2,10,13,14). The molecule has 5 nitrogen and oxygen atoms in total. The molecule has 1 fully saturated rings. The van der Waals surface area contributed by atoms with Gasteiger partial charge in [-0.2, -0.15) is 0 Å². The summed E-state index contributed by atoms with van der Waals surface area (Å²) in [6.07, 6.45) is 5.19. The van der Waals surface area contributed by atoms with E-state index >= 15 is 0 Å². The fourth-order valence-corrected chi connectivity index (χ4v) is 2.46. The van der Waals surface area contributed by atoms with Crippen molar-refractivity contribution in [2.45, 2.75) is 37.6 Å². The second-order valence-electron chi connectivity index (χ2n) is 4.29. The van der Waals surface area contributed by atoms with Crippen molar-refractivity contribution in [3.63, 3.8) is 0 Å². The molecule has 1 rings (SSSR count). The molecule has 0 heterocycles. The second kappa shape index (κ2) is 5.25. The Morgan fingerprint density at radius 2 is 1.87 bits per heavy atom. The van der Waals surface area contributed by atoms with Crippen LogP contribution < -0.4 is 10.5 Å². The summed E-state index contributed by atoms with van der Waals surface area (Å²) in [6.45, 7) is 0.386. The summed E-state index contributed by atoms with van der Waals surface area (Å²) >= 11 is 0. The van der Waals surface area contributed by atoms with Crippen LogP contribution in [0.15, 0.2) is 0 Å². The normalized spacial score (nSPS) is 21.5. The van der Waals surface area contributed by atoms with Crippen molar-refractivity contribution >= 4 is 10.0 Å². The zero-order chi connectivity index (χ0) is 11.4. The molecule has 1 aliphatic carbocycles. The highest BCUT2D eigenvalue weighted by Crippen LogP contribution is 2.27. The fraction of sp³-hybridized carbons (Fsp3) is 1.00. The molecule has 15 heavy (non-hydrogen) atoms. The molecule has 0 spiro atoms. The summed E-state index contributed by atoms with van der Waals surface area (Å²) in [5.74, 6) is -0.0747. The van der Waals surface area contributed by atoms with Gasteiger partial charge in [0.2, 0.25) is 10.0 Å². The highest BCUT2D eigenvalue weighted by molar-refractivity contribution is 7.89. The first-order valence-electron chi connectivity index (χ1n) is 5.34. The van der Waals surface area contributed by atoms with E-state index in [0.29, 0.717) is 6.54 Å². The SMILES string of the molecule is NS(=O)(=O)CCNC1(CO)CCCCC1. The predicted molar refractivity (Wildman–Crippen MR) is 58.9 cm³/mol. The Labute approximate surface area is 91.1 Å². The number of rotatable bonds is 5. The van der Waals surface area contributed by atoms with Crippen LogP contribution in [-0.4, -0.2) is 38.0 Å². The minimum Gasteiger partial charge on any atom is -0.394 e. The third-order valence-electron chi connectivity index (χ3n) is 3.00. The zero-order valence-electron chi connectivity index (χ0n) is 8.91. The Morgan fingerprint density at radius 1 is 1.27 bits per heavy atom. The van der Waals surface area contributed by atoms with Crippen molar-refractivity contribution in [2.75, 3.05) is 18.9 Å². The van der Waals surface area contributed by atoms with Gasteiger partial charge in [0.1, 0.15) is 0 Å². The lowest BCUT2D eigenvalue weighted by molar-refractivity contribution is 0.123. The Bertz CT molecular complexity index is 284. The average Bonchev–Trinajstić information content (AvgIpc) is 2.17. The molecule has 0 unspecified atom stereocenters. The number of aliphatic hydroxyl groups is 1. The summed E-state index contributed by atoms with van der Waals surface area (Å²) in [5.41, 5.74) is -0.275. The van der Waals surface area contributed by atoms with Crippen LogP contribution in [0.1, 0.15) is 32.1 Å². The molecule has 0 atom stereocenters. The topological polar surface area (TPSA) is 92.4 Å². The summed E-state index contributed by atoms with van der Waals surface area (Å²) in [7, 11) is -3.40. The Hall–Kier alpha value is -0.170. The largest absolute Gasteiger partial charge is 0.394 e. The van der Waals surface area contributed by atoms with Crippen LogP contribution in [-0.2, 0) is 10.0 Å². The van der Waals surface area contributed by atoms with E-state index < -0.39 is 10.0 Å². The van der Waals surface area contributed by atoms with Crippen LogP contribution in [0.2, 0.25) is 0 Å². The van der Waals surface area contributed by atoms with Gasteiger partial charge in [-0.25, -0.2) is 13.6 Å². The van der Waals surface area contributed by atoms with Crippen LogP contribution in [0, 0.1) is 0 Å². The summed E-state index contributed by atoms with van der Waals surface area (Å²) in [6, 6.07) is 0. The molecule has 0 aromatic rings. The van der Waals surface area contributed by atoms with E-state index in [-0.39, 0.29) is 17.9 Å². The number of primary sulfonamides is 1. The molecular weight excluding hydrogens is 216 g/mol. The van der Waals surface area contributed by atoms with Gasteiger partial charge in [0.25, 0.3) is 0 Å². The van der Waals surface area contributed by atoms with E-state index in [4.69, 9.17) is 5.14 Å². The number of sulfonamides is 1. The van der Waals surface area contributed by atoms with Crippen molar-refractivity contribution in [3.05, 3.63) is 0 Å². The smallest absolute Gasteiger partial charge is 0.210 e. The lowest BCUT2D eigenvalue weighted by Crippen LogP contribution is -2.51. The first-order valence-corrected chi connectivity index (χ1v) is 7.05. The summed E-state index contributed by atoms with van der Waals surface area (Å²) in [5, 5.41) is 17.4. The molecule has 0 aromatic carbocycles. The van der Waals surface area contributed by atoms with Gasteiger partial charge < -0.3 is 10.4 Å². The monoisotopic (exact) mass is 236 g/mol. The molecule has 6 heteroatoms. The van der Waals surface area contributed by atoms with E-state index in [0.717, 1.165) is 25.7 Å². The van der Waals surface area contributed by atoms with Crippen molar-refractivity contribution in [1.29, 1.82) is 0 Å². The number of nitrogens with two attached hydrogens (primary N) is 1. The lowest BCUT2D eigenvalue weighted by atomic mass is 9.82. The van der Waals surface area contributed by atoms with E-state index in [1.807, 2.05) is 0 Å². The molecule has 0 aromatic heterocycles. The van der Waals surface area contributed by atoms with Crippen LogP contribution in [0.5, 0.6) is 0 Å². The first-order chi connectivity index (χ1) is 6.97. The molecule has 0 saturated heterocycles. The second-order valence-corrected chi connectivity index (χ2v) is 6.03. The van der Waals surface area contributed by atoms with Gasteiger partial charge in [0, 0.05) is 12.1 Å². The zero-order valence-corrected chi connectivity index (χ0v) is 9.72. The molecule has 0 radical (unpaired) electrons. The maximum absolute atomic E-state index is 10.7. The lowest BCUT2D eigenvalue weighted by Gasteiger charge is -2.36. The Balaban J connectivity index is 2.39. The minimum absolute atomic E-state index is 0.0671. The van der Waals surface area contributed by atoms with E-state index in [2.05, 4.69) is 5.32 Å². The van der Waals surface area contributed by atoms with E-state index in [1.54, 1.807) is 0 Å². The fourth-order valence-electron chi connectivity index (χ4n) is 2.08. The maximum atomic E-state index is 10.7. The van der Waals surface area contributed by atoms with E-state index in [9.17, 15) is 13.5 Å². The van der Waals surface area contributed by atoms with Gasteiger partial charge >= 0.3 is 0 Å². The number of aliphatic hydroxyl groups excluding tert-OH is 1. The number of hydrogen-bond acceptors (Lipinski definition) is 4. The van der Waals surface area contributed by atoms with Crippen molar-refractivity contribution in [2.24, 2.45) is 5.14 Å². The highest BCUT2D eigenvalue weighted by Gasteiger charge is 2.30. The van der Waals surface area contributed by atoms with E-state index in [1.165, 1.54) is 6.42 Å². The van der Waals surface area contributed by atoms with Gasteiger partial charge in [-0.05, 0) is 12.8 Å². The third kappa shape index (κ3) is 4.46. The van der Waals surface area contributed by atoms with Crippen LogP contribution >= 0.6 is 0 Å². The Kier molecular flexibility index (Phi) is 4.51. The molecule has 4 N–H and O–H groups in total. The predicted octanol–water partition coefficient (Wildman–Crippen LogP) is -0.440.